The van der Waals surface area contributed by atoms with Crippen molar-refractivity contribution in [3.05, 3.63) is 35.3 Å². The van der Waals surface area contributed by atoms with Gasteiger partial charge in [0.25, 0.3) is 0 Å². The van der Waals surface area contributed by atoms with Crippen molar-refractivity contribution in [2.75, 3.05) is 5.32 Å². The first-order valence-corrected chi connectivity index (χ1v) is 5.43. The van der Waals surface area contributed by atoms with Gasteiger partial charge in [-0.2, -0.15) is 0 Å². The van der Waals surface area contributed by atoms with Crippen molar-refractivity contribution in [3.63, 3.8) is 0 Å². The maximum absolute atomic E-state index is 5.80. The molecule has 16 heavy (non-hydrogen) atoms. The maximum atomic E-state index is 5.80. The number of nitrogens with one attached hydrogen (secondary N) is 1. The Morgan fingerprint density at radius 1 is 1.25 bits per heavy atom. The molecule has 0 spiro atoms. The van der Waals surface area contributed by atoms with Crippen LogP contribution in [0.2, 0.25) is 0 Å². The smallest absolute Gasteiger partial charge is 0.150 e. The molecule has 0 atom stereocenters. The third-order valence-electron chi connectivity index (χ3n) is 2.76. The summed E-state index contributed by atoms with van der Waals surface area (Å²) < 4.78 is 5.60. The van der Waals surface area contributed by atoms with Crippen molar-refractivity contribution in [1.82, 2.24) is 0 Å². The average molecular weight is 218 g/mol. The Bertz CT molecular complexity index is 455. The molecule has 0 aliphatic carbocycles. The third-order valence-corrected chi connectivity index (χ3v) is 2.76. The zero-order valence-electron chi connectivity index (χ0n) is 10.2. The standard InChI is InChI=1S/C13H18N2O/c1-8-12(14)15-10-7-9(13(2,3)4)5-6-11(10)16-8/h5-7,15H,14H2,1-4H3. The van der Waals surface area contributed by atoms with Crippen molar-refractivity contribution in [1.29, 1.82) is 0 Å². The van der Waals surface area contributed by atoms with Crippen LogP contribution in [0, 0.1) is 0 Å². The lowest BCUT2D eigenvalue weighted by Crippen LogP contribution is -2.20. The molecule has 1 aromatic rings. The molecule has 1 heterocycles. The van der Waals surface area contributed by atoms with E-state index in [1.54, 1.807) is 0 Å². The van der Waals surface area contributed by atoms with Gasteiger partial charge in [0.05, 0.1) is 5.69 Å². The Morgan fingerprint density at radius 2 is 1.94 bits per heavy atom. The van der Waals surface area contributed by atoms with E-state index >= 15 is 0 Å². The van der Waals surface area contributed by atoms with Crippen LogP contribution in [0.5, 0.6) is 5.75 Å². The topological polar surface area (TPSA) is 47.3 Å². The van der Waals surface area contributed by atoms with E-state index < -0.39 is 0 Å². The number of fused-ring (bicyclic) bond motifs is 1. The molecule has 0 fully saturated rings. The summed E-state index contributed by atoms with van der Waals surface area (Å²) in [6, 6.07) is 6.17. The Kier molecular flexibility index (Phi) is 2.34. The molecule has 1 aliphatic rings. The highest BCUT2D eigenvalue weighted by atomic mass is 16.5. The van der Waals surface area contributed by atoms with E-state index in [0.29, 0.717) is 5.82 Å². The molecule has 0 aromatic heterocycles. The number of hydrogen-bond donors (Lipinski definition) is 2. The summed E-state index contributed by atoms with van der Waals surface area (Å²) in [7, 11) is 0. The molecule has 1 aromatic carbocycles. The van der Waals surface area contributed by atoms with Gasteiger partial charge in [0.15, 0.2) is 5.75 Å². The van der Waals surface area contributed by atoms with Crippen LogP contribution in [0.3, 0.4) is 0 Å². The Balaban J connectivity index is 2.41. The van der Waals surface area contributed by atoms with Gasteiger partial charge < -0.3 is 15.8 Å². The molecule has 0 saturated heterocycles. The van der Waals surface area contributed by atoms with Gasteiger partial charge in [0, 0.05) is 0 Å². The molecule has 0 bridgehead atoms. The maximum Gasteiger partial charge on any atom is 0.150 e. The molecular weight excluding hydrogens is 200 g/mol. The van der Waals surface area contributed by atoms with Crippen molar-refractivity contribution >= 4 is 5.69 Å². The SMILES string of the molecule is CC1=C(N)Nc2cc(C(C)(C)C)ccc2O1. The van der Waals surface area contributed by atoms with Gasteiger partial charge in [-0.15, -0.1) is 0 Å². The van der Waals surface area contributed by atoms with Crippen molar-refractivity contribution < 1.29 is 4.74 Å². The fourth-order valence-corrected chi connectivity index (χ4v) is 1.64. The van der Waals surface area contributed by atoms with Crippen LogP contribution >= 0.6 is 0 Å². The van der Waals surface area contributed by atoms with Gasteiger partial charge in [-0.05, 0) is 30.0 Å². The Labute approximate surface area is 96.3 Å². The van der Waals surface area contributed by atoms with Crippen LogP contribution in [0.15, 0.2) is 29.8 Å². The molecule has 0 saturated carbocycles. The van der Waals surface area contributed by atoms with Crippen LogP contribution in [0.4, 0.5) is 5.69 Å². The fraction of sp³-hybridized carbons (Fsp3) is 0.385. The lowest BCUT2D eigenvalue weighted by Gasteiger charge is -2.25. The summed E-state index contributed by atoms with van der Waals surface area (Å²) in [5, 5.41) is 3.15. The van der Waals surface area contributed by atoms with Crippen LogP contribution in [0.1, 0.15) is 33.3 Å². The van der Waals surface area contributed by atoms with Gasteiger partial charge in [-0.25, -0.2) is 0 Å². The first-order valence-electron chi connectivity index (χ1n) is 5.43. The van der Waals surface area contributed by atoms with Gasteiger partial charge in [0.1, 0.15) is 11.6 Å². The summed E-state index contributed by atoms with van der Waals surface area (Å²) in [6.07, 6.45) is 0. The van der Waals surface area contributed by atoms with Crippen molar-refractivity contribution in [3.8, 4) is 5.75 Å². The molecule has 3 N–H and O–H groups in total. The van der Waals surface area contributed by atoms with E-state index in [1.807, 2.05) is 13.0 Å². The number of allylic oxidation sites excluding steroid dienone is 1. The molecule has 0 radical (unpaired) electrons. The molecule has 86 valence electrons. The number of rotatable bonds is 0. The van der Waals surface area contributed by atoms with Gasteiger partial charge in [0.2, 0.25) is 0 Å². The molecule has 3 nitrogen and oxygen atoms in total. The van der Waals surface area contributed by atoms with Crippen LogP contribution in [-0.4, -0.2) is 0 Å². The van der Waals surface area contributed by atoms with Crippen LogP contribution < -0.4 is 15.8 Å². The van der Waals surface area contributed by atoms with Gasteiger partial charge in [-0.3, -0.25) is 0 Å². The zero-order chi connectivity index (χ0) is 11.9. The Hall–Kier alpha value is -1.64. The highest BCUT2D eigenvalue weighted by Gasteiger charge is 2.19. The average Bonchev–Trinajstić information content (AvgIpc) is 2.17. The second-order valence-electron chi connectivity index (χ2n) is 5.16. The second kappa shape index (κ2) is 3.44. The number of nitrogens with two attached hydrogens (primary N) is 1. The first kappa shape index (κ1) is 10.9. The molecule has 3 heteroatoms. The van der Waals surface area contributed by atoms with Crippen LogP contribution in [-0.2, 0) is 5.41 Å². The fourth-order valence-electron chi connectivity index (χ4n) is 1.64. The summed E-state index contributed by atoms with van der Waals surface area (Å²) >= 11 is 0. The van der Waals surface area contributed by atoms with E-state index in [2.05, 4.69) is 38.2 Å². The van der Waals surface area contributed by atoms with Crippen molar-refractivity contribution in [2.24, 2.45) is 5.73 Å². The lowest BCUT2D eigenvalue weighted by molar-refractivity contribution is 0.415. The molecule has 2 rings (SSSR count). The number of benzene rings is 1. The summed E-state index contributed by atoms with van der Waals surface area (Å²) in [5.74, 6) is 2.13. The quantitative estimate of drug-likeness (QED) is 0.703. The minimum Gasteiger partial charge on any atom is -0.456 e. The van der Waals surface area contributed by atoms with Crippen molar-refractivity contribution in [2.45, 2.75) is 33.1 Å². The number of anilines is 1. The normalized spacial score (nSPS) is 15.2. The predicted octanol–water partition coefficient (Wildman–Crippen LogP) is 2.94. The Morgan fingerprint density at radius 3 is 2.56 bits per heavy atom. The summed E-state index contributed by atoms with van der Waals surface area (Å²) in [5.41, 5.74) is 8.12. The molecule has 0 unspecified atom stereocenters. The van der Waals surface area contributed by atoms with Crippen LogP contribution in [0.25, 0.3) is 0 Å². The van der Waals surface area contributed by atoms with E-state index in [0.717, 1.165) is 17.2 Å². The monoisotopic (exact) mass is 218 g/mol. The molecular formula is C13H18N2O. The van der Waals surface area contributed by atoms with Gasteiger partial charge in [-0.1, -0.05) is 26.8 Å². The number of ether oxygens (including phenoxy) is 1. The van der Waals surface area contributed by atoms with Gasteiger partial charge >= 0.3 is 0 Å². The van der Waals surface area contributed by atoms with E-state index in [1.165, 1.54) is 5.56 Å². The van der Waals surface area contributed by atoms with E-state index in [4.69, 9.17) is 10.5 Å². The molecule has 0 amide bonds. The summed E-state index contributed by atoms with van der Waals surface area (Å²) in [6.45, 7) is 8.40. The zero-order valence-corrected chi connectivity index (χ0v) is 10.2. The second-order valence-corrected chi connectivity index (χ2v) is 5.16. The highest BCUT2D eigenvalue weighted by molar-refractivity contribution is 5.64. The molecule has 1 aliphatic heterocycles. The first-order chi connectivity index (χ1) is 7.38. The minimum atomic E-state index is 0.127. The summed E-state index contributed by atoms with van der Waals surface area (Å²) in [4.78, 5) is 0. The lowest BCUT2D eigenvalue weighted by atomic mass is 9.86. The third kappa shape index (κ3) is 1.85. The van der Waals surface area contributed by atoms with E-state index in [9.17, 15) is 0 Å². The minimum absolute atomic E-state index is 0.127. The predicted molar refractivity (Wildman–Crippen MR) is 66.3 cm³/mol. The largest absolute Gasteiger partial charge is 0.456 e. The highest BCUT2D eigenvalue weighted by Crippen LogP contribution is 2.35. The number of hydrogen-bond acceptors (Lipinski definition) is 3. The van der Waals surface area contributed by atoms with E-state index in [-0.39, 0.29) is 5.41 Å².